The Hall–Kier alpha value is -3.10. The van der Waals surface area contributed by atoms with Crippen LogP contribution in [0.15, 0.2) is 54.6 Å². The van der Waals surface area contributed by atoms with Gasteiger partial charge >= 0.3 is 0 Å². The molecule has 1 N–H and O–H groups in total. The zero-order valence-electron chi connectivity index (χ0n) is 18.3. The van der Waals surface area contributed by atoms with Gasteiger partial charge in [0.25, 0.3) is 0 Å². The Balaban J connectivity index is 1.50. The molecule has 8 heteroatoms. The van der Waals surface area contributed by atoms with Gasteiger partial charge in [-0.3, -0.25) is 4.90 Å². The van der Waals surface area contributed by atoms with E-state index in [1.54, 1.807) is 11.6 Å². The van der Waals surface area contributed by atoms with Gasteiger partial charge in [0.1, 0.15) is 5.75 Å². The summed E-state index contributed by atoms with van der Waals surface area (Å²) in [5.41, 5.74) is 2.34. The van der Waals surface area contributed by atoms with Crippen LogP contribution in [0.1, 0.15) is 29.2 Å². The molecule has 166 valence electrons. The molecule has 0 aliphatic carbocycles. The lowest BCUT2D eigenvalue weighted by Gasteiger charge is -2.40. The maximum absolute atomic E-state index is 11.1. The zero-order valence-corrected chi connectivity index (χ0v) is 19.1. The van der Waals surface area contributed by atoms with Crippen molar-refractivity contribution in [2.24, 2.45) is 0 Å². The van der Waals surface area contributed by atoms with Crippen molar-refractivity contribution in [3.63, 3.8) is 0 Å². The van der Waals surface area contributed by atoms with Gasteiger partial charge in [0.05, 0.1) is 18.0 Å². The minimum absolute atomic E-state index is 0.0957. The third-order valence-electron chi connectivity index (χ3n) is 6.02. The quantitative estimate of drug-likeness (QED) is 0.480. The molecule has 1 atom stereocenters. The molecular weight excluding hydrogens is 422 g/mol. The predicted octanol–water partition coefficient (Wildman–Crippen LogP) is 3.98. The molecular formula is C24H27N5O2S. The van der Waals surface area contributed by atoms with Gasteiger partial charge in [0.15, 0.2) is 5.82 Å². The molecule has 7 nitrogen and oxygen atoms in total. The number of hydrogen-bond donors (Lipinski definition) is 1. The summed E-state index contributed by atoms with van der Waals surface area (Å²) in [5, 5.41) is 15.6. The molecule has 0 bridgehead atoms. The minimum atomic E-state index is -0.0957. The van der Waals surface area contributed by atoms with Crippen molar-refractivity contribution in [1.82, 2.24) is 19.5 Å². The number of hydrogen-bond acceptors (Lipinski definition) is 7. The summed E-state index contributed by atoms with van der Waals surface area (Å²) in [6, 6.07) is 18.5. The molecule has 0 spiro atoms. The lowest BCUT2D eigenvalue weighted by molar-refractivity contribution is 0.211. The molecule has 5 rings (SSSR count). The average molecular weight is 450 g/mol. The van der Waals surface area contributed by atoms with Crippen LogP contribution in [0, 0.1) is 0 Å². The topological polar surface area (TPSA) is 66.1 Å². The Morgan fingerprint density at radius 1 is 1.06 bits per heavy atom. The van der Waals surface area contributed by atoms with Crippen LogP contribution >= 0.6 is 11.3 Å². The first-order valence-corrected chi connectivity index (χ1v) is 11.7. The fraction of sp³-hybridized carbons (Fsp3) is 0.333. The Morgan fingerprint density at radius 3 is 2.53 bits per heavy atom. The van der Waals surface area contributed by atoms with Crippen LogP contribution in [-0.4, -0.2) is 57.9 Å². The number of methoxy groups -OCH3 is 1. The summed E-state index contributed by atoms with van der Waals surface area (Å²) in [7, 11) is 1.68. The maximum Gasteiger partial charge on any atom is 0.230 e. The number of benzene rings is 2. The zero-order chi connectivity index (χ0) is 22.1. The third-order valence-corrected chi connectivity index (χ3v) is 7.09. The van der Waals surface area contributed by atoms with Crippen LogP contribution in [0.5, 0.6) is 11.6 Å². The van der Waals surface area contributed by atoms with Crippen molar-refractivity contribution in [3.05, 3.63) is 70.9 Å². The molecule has 3 heterocycles. The second-order valence-corrected chi connectivity index (χ2v) is 8.91. The number of fused-ring (bicyclic) bond motifs is 1. The first kappa shape index (κ1) is 20.8. The summed E-state index contributed by atoms with van der Waals surface area (Å²) in [5.74, 6) is 1.73. The molecule has 1 aliphatic heterocycles. The third kappa shape index (κ3) is 3.80. The highest BCUT2D eigenvalue weighted by molar-refractivity contribution is 7.17. The normalized spacial score (nSPS) is 15.9. The number of ether oxygens (including phenoxy) is 1. The van der Waals surface area contributed by atoms with Crippen LogP contribution < -0.4 is 9.64 Å². The van der Waals surface area contributed by atoms with E-state index < -0.39 is 0 Å². The van der Waals surface area contributed by atoms with E-state index in [0.29, 0.717) is 0 Å². The highest BCUT2D eigenvalue weighted by Gasteiger charge is 2.32. The van der Waals surface area contributed by atoms with Crippen molar-refractivity contribution >= 4 is 22.0 Å². The smallest absolute Gasteiger partial charge is 0.230 e. The molecule has 32 heavy (non-hydrogen) atoms. The molecule has 2 aromatic carbocycles. The second kappa shape index (κ2) is 8.80. The van der Waals surface area contributed by atoms with Gasteiger partial charge in [-0.05, 0) is 29.8 Å². The highest BCUT2D eigenvalue weighted by Crippen LogP contribution is 2.41. The van der Waals surface area contributed by atoms with Crippen molar-refractivity contribution in [1.29, 1.82) is 0 Å². The highest BCUT2D eigenvalue weighted by atomic mass is 32.1. The number of aromatic nitrogens is 3. The van der Waals surface area contributed by atoms with E-state index >= 15 is 0 Å². The van der Waals surface area contributed by atoms with E-state index in [1.807, 2.05) is 25.1 Å². The molecule has 1 saturated heterocycles. The van der Waals surface area contributed by atoms with Crippen LogP contribution in [-0.2, 0) is 6.42 Å². The average Bonchev–Trinajstić information content (AvgIpc) is 3.39. The number of anilines is 1. The summed E-state index contributed by atoms with van der Waals surface area (Å²) < 4.78 is 7.07. The fourth-order valence-electron chi connectivity index (χ4n) is 4.34. The van der Waals surface area contributed by atoms with Crippen LogP contribution in [0.3, 0.4) is 0 Å². The largest absolute Gasteiger partial charge is 0.497 e. The fourth-order valence-corrected chi connectivity index (χ4v) is 5.47. The lowest BCUT2D eigenvalue weighted by Crippen LogP contribution is -2.47. The van der Waals surface area contributed by atoms with Crippen LogP contribution in [0.25, 0.3) is 4.96 Å². The van der Waals surface area contributed by atoms with E-state index in [1.165, 1.54) is 17.0 Å². The first-order chi connectivity index (χ1) is 15.7. The summed E-state index contributed by atoms with van der Waals surface area (Å²) >= 11 is 1.51. The van der Waals surface area contributed by atoms with E-state index in [9.17, 15) is 5.11 Å². The molecule has 1 aliphatic rings. The molecule has 0 unspecified atom stereocenters. The molecule has 1 fully saturated rings. The maximum atomic E-state index is 11.1. The number of nitrogens with zero attached hydrogens (tertiary/aromatic N) is 5. The molecule has 0 saturated carbocycles. The van der Waals surface area contributed by atoms with E-state index in [0.717, 1.165) is 59.6 Å². The van der Waals surface area contributed by atoms with Crippen molar-refractivity contribution in [2.45, 2.75) is 19.4 Å². The van der Waals surface area contributed by atoms with E-state index in [-0.39, 0.29) is 11.9 Å². The minimum Gasteiger partial charge on any atom is -0.497 e. The van der Waals surface area contributed by atoms with Crippen molar-refractivity contribution in [2.75, 3.05) is 38.2 Å². The lowest BCUT2D eigenvalue weighted by atomic mass is 10.0. The Kier molecular flexibility index (Phi) is 5.71. The predicted molar refractivity (Wildman–Crippen MR) is 127 cm³/mol. The van der Waals surface area contributed by atoms with Gasteiger partial charge < -0.3 is 14.7 Å². The van der Waals surface area contributed by atoms with Gasteiger partial charge in [-0.15, -0.1) is 5.10 Å². The molecule has 0 amide bonds. The summed E-state index contributed by atoms with van der Waals surface area (Å²) in [6.07, 6.45) is 0.740. The van der Waals surface area contributed by atoms with Crippen molar-refractivity contribution < 1.29 is 9.84 Å². The first-order valence-electron chi connectivity index (χ1n) is 10.9. The van der Waals surface area contributed by atoms with E-state index in [4.69, 9.17) is 4.74 Å². The monoisotopic (exact) mass is 449 g/mol. The number of para-hydroxylation sites is 1. The van der Waals surface area contributed by atoms with Gasteiger partial charge in [-0.25, -0.2) is 4.98 Å². The van der Waals surface area contributed by atoms with Crippen LogP contribution in [0.4, 0.5) is 5.69 Å². The van der Waals surface area contributed by atoms with Crippen molar-refractivity contribution in [3.8, 4) is 11.6 Å². The van der Waals surface area contributed by atoms with Gasteiger partial charge in [0, 0.05) is 38.3 Å². The van der Waals surface area contributed by atoms with Crippen LogP contribution in [0.2, 0.25) is 0 Å². The Bertz CT molecular complexity index is 1200. The van der Waals surface area contributed by atoms with Gasteiger partial charge in [-0.1, -0.05) is 48.6 Å². The number of aromatic hydroxyl groups is 1. The summed E-state index contributed by atoms with van der Waals surface area (Å²) in [4.78, 5) is 11.0. The Morgan fingerprint density at radius 2 is 1.84 bits per heavy atom. The molecule has 2 aromatic heterocycles. The second-order valence-electron chi connectivity index (χ2n) is 7.90. The summed E-state index contributed by atoms with van der Waals surface area (Å²) in [6.45, 7) is 5.62. The van der Waals surface area contributed by atoms with Gasteiger partial charge in [0.2, 0.25) is 10.8 Å². The number of thiazole rings is 1. The van der Waals surface area contributed by atoms with E-state index in [2.05, 4.69) is 56.3 Å². The standard InChI is InChI=1S/C24H27N5O2S/c1-3-20-25-24-29(26-20)23(30)22(32-24)21(17-8-7-11-19(16-17)31-2)28-14-12-27(13-15-28)18-9-5-4-6-10-18/h4-11,16,21,30H,3,12-15H2,1-2H3/t21-/m1/s1. The number of piperazine rings is 1. The molecule has 0 radical (unpaired) electrons. The SMILES string of the molecule is CCc1nc2sc([C@@H](c3cccc(OC)c3)N3CCN(c4ccccc4)CC3)c(O)n2n1. The number of aryl methyl sites for hydroxylation is 1. The van der Waals surface area contributed by atoms with Gasteiger partial charge in [-0.2, -0.15) is 4.52 Å². The number of rotatable bonds is 6. The molecule has 4 aromatic rings. The Labute approximate surface area is 191 Å².